The van der Waals surface area contributed by atoms with Crippen molar-refractivity contribution in [2.45, 2.75) is 32.4 Å². The molecule has 0 aromatic heterocycles. The number of nitrogens with zero attached hydrogens (tertiary/aromatic N) is 2. The molecule has 0 aliphatic carbocycles. The molecular weight excluding hydrogens is 252 g/mol. The van der Waals surface area contributed by atoms with Gasteiger partial charge in [-0.25, -0.2) is 0 Å². The normalized spacial score (nSPS) is 16.9. The molecule has 1 aliphatic heterocycles. The molecule has 1 aromatic carbocycles. The first-order valence-corrected chi connectivity index (χ1v) is 7.19. The van der Waals surface area contributed by atoms with Crippen LogP contribution in [-0.4, -0.2) is 49.0 Å². The quantitative estimate of drug-likeness (QED) is 0.844. The van der Waals surface area contributed by atoms with Gasteiger partial charge in [0.05, 0.1) is 7.11 Å². The predicted octanol–water partition coefficient (Wildman–Crippen LogP) is 2.14. The second-order valence-electron chi connectivity index (χ2n) is 5.49. The summed E-state index contributed by atoms with van der Waals surface area (Å²) in [7, 11) is 3.60. The molecule has 1 aliphatic rings. The first kappa shape index (κ1) is 14.9. The van der Waals surface area contributed by atoms with Gasteiger partial charge in [0.1, 0.15) is 5.75 Å². The second-order valence-corrected chi connectivity index (χ2v) is 5.49. The molecule has 0 unspecified atom stereocenters. The average molecular weight is 276 g/mol. The summed E-state index contributed by atoms with van der Waals surface area (Å²) in [6.07, 6.45) is 2.11. The Balaban J connectivity index is 1.86. The molecule has 4 nitrogen and oxygen atoms in total. The third-order valence-corrected chi connectivity index (χ3v) is 4.14. The highest BCUT2D eigenvalue weighted by atomic mass is 16.5. The maximum Gasteiger partial charge on any atom is 0.219 e. The van der Waals surface area contributed by atoms with Gasteiger partial charge in [-0.05, 0) is 30.5 Å². The highest BCUT2D eigenvalue weighted by Crippen LogP contribution is 2.19. The first-order chi connectivity index (χ1) is 9.60. The number of amides is 1. The summed E-state index contributed by atoms with van der Waals surface area (Å²) in [5.74, 6) is 1.07. The van der Waals surface area contributed by atoms with E-state index in [1.807, 2.05) is 24.1 Å². The van der Waals surface area contributed by atoms with Crippen LogP contribution in [-0.2, 0) is 11.3 Å². The molecule has 0 N–H and O–H groups in total. The minimum atomic E-state index is 0.163. The molecule has 1 amide bonds. The lowest BCUT2D eigenvalue weighted by Gasteiger charge is -2.36. The lowest BCUT2D eigenvalue weighted by Crippen LogP contribution is -2.44. The summed E-state index contributed by atoms with van der Waals surface area (Å²) in [6, 6.07) is 8.63. The van der Waals surface area contributed by atoms with Crippen molar-refractivity contribution >= 4 is 5.91 Å². The minimum absolute atomic E-state index is 0.163. The molecule has 0 atom stereocenters. The van der Waals surface area contributed by atoms with Gasteiger partial charge in [-0.2, -0.15) is 0 Å². The maximum atomic E-state index is 11.4. The van der Waals surface area contributed by atoms with Gasteiger partial charge in [0.15, 0.2) is 0 Å². The van der Waals surface area contributed by atoms with E-state index in [4.69, 9.17) is 4.74 Å². The van der Waals surface area contributed by atoms with Crippen LogP contribution in [0.2, 0.25) is 0 Å². The van der Waals surface area contributed by atoms with Gasteiger partial charge in [-0.3, -0.25) is 9.69 Å². The lowest BCUT2D eigenvalue weighted by atomic mass is 10.0. The van der Waals surface area contributed by atoms with Crippen LogP contribution in [0.1, 0.15) is 25.3 Å². The van der Waals surface area contributed by atoms with Crippen LogP contribution >= 0.6 is 0 Å². The Hall–Kier alpha value is -1.55. The Labute approximate surface area is 121 Å². The maximum absolute atomic E-state index is 11.4. The van der Waals surface area contributed by atoms with E-state index in [9.17, 15) is 4.79 Å². The fourth-order valence-corrected chi connectivity index (χ4v) is 2.75. The Bertz CT molecular complexity index is 454. The third kappa shape index (κ3) is 3.73. The summed E-state index contributed by atoms with van der Waals surface area (Å²) in [5.41, 5.74) is 1.28. The Morgan fingerprint density at radius 1 is 1.40 bits per heavy atom. The SMILES string of the molecule is COc1cccc(CN2CCC(N(C)C(C)=O)CC2)c1. The molecular formula is C16H24N2O2. The molecule has 0 spiro atoms. The highest BCUT2D eigenvalue weighted by molar-refractivity contribution is 5.73. The molecule has 1 heterocycles. The van der Waals surface area contributed by atoms with E-state index in [2.05, 4.69) is 17.0 Å². The van der Waals surface area contributed by atoms with Crippen molar-refractivity contribution < 1.29 is 9.53 Å². The van der Waals surface area contributed by atoms with E-state index in [-0.39, 0.29) is 5.91 Å². The fourth-order valence-electron chi connectivity index (χ4n) is 2.75. The van der Waals surface area contributed by atoms with E-state index in [0.29, 0.717) is 6.04 Å². The number of likely N-dealkylation sites (tertiary alicyclic amines) is 1. The molecule has 4 heteroatoms. The van der Waals surface area contributed by atoms with Crippen LogP contribution in [0, 0.1) is 0 Å². The zero-order valence-corrected chi connectivity index (χ0v) is 12.6. The number of carbonyl (C=O) groups excluding carboxylic acids is 1. The van der Waals surface area contributed by atoms with E-state index < -0.39 is 0 Å². The van der Waals surface area contributed by atoms with Crippen molar-refractivity contribution in [2.24, 2.45) is 0 Å². The van der Waals surface area contributed by atoms with E-state index in [1.165, 1.54) is 5.56 Å². The number of hydrogen-bond acceptors (Lipinski definition) is 3. The number of carbonyl (C=O) groups is 1. The summed E-state index contributed by atoms with van der Waals surface area (Å²) >= 11 is 0. The molecule has 2 rings (SSSR count). The summed E-state index contributed by atoms with van der Waals surface area (Å²) in [6.45, 7) is 4.68. The van der Waals surface area contributed by atoms with Gasteiger partial charge in [0, 0.05) is 39.6 Å². The van der Waals surface area contributed by atoms with E-state index in [1.54, 1.807) is 14.0 Å². The van der Waals surface area contributed by atoms with Crippen molar-refractivity contribution in [3.8, 4) is 5.75 Å². The smallest absolute Gasteiger partial charge is 0.219 e. The van der Waals surface area contributed by atoms with Crippen LogP contribution in [0.4, 0.5) is 0 Å². The zero-order valence-electron chi connectivity index (χ0n) is 12.6. The van der Waals surface area contributed by atoms with Gasteiger partial charge in [0.2, 0.25) is 5.91 Å². The van der Waals surface area contributed by atoms with Gasteiger partial charge >= 0.3 is 0 Å². The number of hydrogen-bond donors (Lipinski definition) is 0. The molecule has 1 aromatic rings. The molecule has 0 saturated carbocycles. The summed E-state index contributed by atoms with van der Waals surface area (Å²) in [5, 5.41) is 0. The lowest BCUT2D eigenvalue weighted by molar-refractivity contribution is -0.130. The van der Waals surface area contributed by atoms with Crippen LogP contribution in [0.15, 0.2) is 24.3 Å². The van der Waals surface area contributed by atoms with Gasteiger partial charge in [-0.1, -0.05) is 12.1 Å². The zero-order chi connectivity index (χ0) is 14.5. The average Bonchev–Trinajstić information content (AvgIpc) is 2.47. The minimum Gasteiger partial charge on any atom is -0.497 e. The van der Waals surface area contributed by atoms with E-state index in [0.717, 1.165) is 38.2 Å². The van der Waals surface area contributed by atoms with Crippen LogP contribution in [0.3, 0.4) is 0 Å². The Kier molecular flexibility index (Phi) is 5.01. The van der Waals surface area contributed by atoms with Gasteiger partial charge < -0.3 is 9.64 Å². The molecule has 20 heavy (non-hydrogen) atoms. The molecule has 1 saturated heterocycles. The van der Waals surface area contributed by atoms with E-state index >= 15 is 0 Å². The Morgan fingerprint density at radius 2 is 2.10 bits per heavy atom. The number of benzene rings is 1. The van der Waals surface area contributed by atoms with Crippen LogP contribution < -0.4 is 4.74 Å². The molecule has 0 radical (unpaired) electrons. The number of rotatable bonds is 4. The third-order valence-electron chi connectivity index (χ3n) is 4.14. The largest absolute Gasteiger partial charge is 0.497 e. The molecule has 1 fully saturated rings. The predicted molar refractivity (Wildman–Crippen MR) is 79.7 cm³/mol. The Morgan fingerprint density at radius 3 is 2.70 bits per heavy atom. The number of methoxy groups -OCH3 is 1. The first-order valence-electron chi connectivity index (χ1n) is 7.19. The topological polar surface area (TPSA) is 32.8 Å². The van der Waals surface area contributed by atoms with Crippen molar-refractivity contribution in [2.75, 3.05) is 27.2 Å². The molecule has 0 bridgehead atoms. The van der Waals surface area contributed by atoms with Crippen molar-refractivity contribution in [1.29, 1.82) is 0 Å². The fraction of sp³-hybridized carbons (Fsp3) is 0.562. The second kappa shape index (κ2) is 6.75. The summed E-state index contributed by atoms with van der Waals surface area (Å²) < 4.78 is 5.26. The summed E-state index contributed by atoms with van der Waals surface area (Å²) in [4.78, 5) is 15.7. The van der Waals surface area contributed by atoms with Gasteiger partial charge in [-0.15, -0.1) is 0 Å². The molecule has 110 valence electrons. The van der Waals surface area contributed by atoms with Crippen LogP contribution in [0.5, 0.6) is 5.75 Å². The van der Waals surface area contributed by atoms with Crippen molar-refractivity contribution in [1.82, 2.24) is 9.80 Å². The number of ether oxygens (including phenoxy) is 1. The van der Waals surface area contributed by atoms with Crippen LogP contribution in [0.25, 0.3) is 0 Å². The van der Waals surface area contributed by atoms with Crippen molar-refractivity contribution in [3.63, 3.8) is 0 Å². The van der Waals surface area contributed by atoms with Gasteiger partial charge in [0.25, 0.3) is 0 Å². The van der Waals surface area contributed by atoms with Crippen molar-refractivity contribution in [3.05, 3.63) is 29.8 Å². The standard InChI is InChI=1S/C16H24N2O2/c1-13(19)17(2)15-7-9-18(10-8-15)12-14-5-4-6-16(11-14)20-3/h4-6,11,15H,7-10,12H2,1-3H3. The monoisotopic (exact) mass is 276 g/mol. The highest BCUT2D eigenvalue weighted by Gasteiger charge is 2.23. The number of piperidine rings is 1.